The summed E-state index contributed by atoms with van der Waals surface area (Å²) in [7, 11) is 0. The molecule has 1 nitrogen and oxygen atoms in total. The van der Waals surface area contributed by atoms with Crippen LogP contribution in [0.3, 0.4) is 0 Å². The zero-order chi connectivity index (χ0) is 14.2. The molecule has 0 unspecified atom stereocenters. The third-order valence-electron chi connectivity index (χ3n) is 2.77. The lowest BCUT2D eigenvalue weighted by Gasteiger charge is -2.13. The number of hydrogen-bond acceptors (Lipinski definition) is 1. The van der Waals surface area contributed by atoms with E-state index < -0.39 is 0 Å². The Bertz CT molecular complexity index is 639. The van der Waals surface area contributed by atoms with Crippen LogP contribution < -0.4 is 0 Å². The third kappa shape index (κ3) is 2.75. The quantitative estimate of drug-likeness (QED) is 0.480. The number of aldehydes is 1. The molecule has 0 aliphatic carbocycles. The van der Waals surface area contributed by atoms with Crippen LogP contribution in [0.5, 0.6) is 0 Å². The molecule has 0 spiro atoms. The highest BCUT2D eigenvalue weighted by atomic mass is 35.5. The highest BCUT2D eigenvalue weighted by molar-refractivity contribution is 6.50. The van der Waals surface area contributed by atoms with Crippen LogP contribution in [0.25, 0.3) is 11.1 Å². The lowest BCUT2D eigenvalue weighted by molar-refractivity contribution is 0.112. The predicted molar refractivity (Wildman–Crippen MR) is 82.0 cm³/mol. The number of carbonyl (C=O) groups excluding carboxylic acids is 1. The lowest BCUT2D eigenvalue weighted by atomic mass is 9.98. The molecule has 0 N–H and O–H groups in total. The average molecular weight is 334 g/mol. The number of aryl methyl sites for hydroxylation is 1. The van der Waals surface area contributed by atoms with Gasteiger partial charge in [0.25, 0.3) is 0 Å². The molecule has 0 saturated carbocycles. The number of hydrogen-bond donors (Lipinski definition) is 0. The van der Waals surface area contributed by atoms with E-state index in [2.05, 4.69) is 0 Å². The molecule has 0 heterocycles. The van der Waals surface area contributed by atoms with Gasteiger partial charge >= 0.3 is 0 Å². The normalized spacial score (nSPS) is 10.6. The maximum Gasteiger partial charge on any atom is 0.150 e. The van der Waals surface area contributed by atoms with Gasteiger partial charge in [0.15, 0.2) is 0 Å². The molecule has 2 aromatic carbocycles. The van der Waals surface area contributed by atoms with Crippen molar-refractivity contribution in [2.45, 2.75) is 6.92 Å². The van der Waals surface area contributed by atoms with E-state index in [9.17, 15) is 4.79 Å². The molecule has 0 amide bonds. The van der Waals surface area contributed by atoms with Crippen LogP contribution >= 0.6 is 46.4 Å². The largest absolute Gasteiger partial charge is 0.298 e. The maximum atomic E-state index is 10.8. The molecule has 0 aliphatic rings. The van der Waals surface area contributed by atoms with Gasteiger partial charge in [-0.2, -0.15) is 0 Å². The van der Waals surface area contributed by atoms with Crippen molar-refractivity contribution in [1.82, 2.24) is 0 Å². The molecule has 5 heteroatoms. The van der Waals surface area contributed by atoms with Crippen LogP contribution in [0.2, 0.25) is 20.1 Å². The van der Waals surface area contributed by atoms with Crippen molar-refractivity contribution in [2.75, 3.05) is 0 Å². The van der Waals surface area contributed by atoms with Gasteiger partial charge < -0.3 is 0 Å². The summed E-state index contributed by atoms with van der Waals surface area (Å²) in [4.78, 5) is 10.8. The summed E-state index contributed by atoms with van der Waals surface area (Å²) >= 11 is 24.5. The van der Waals surface area contributed by atoms with Gasteiger partial charge in [-0.05, 0) is 30.2 Å². The van der Waals surface area contributed by atoms with Crippen molar-refractivity contribution in [3.63, 3.8) is 0 Å². The maximum absolute atomic E-state index is 10.8. The minimum Gasteiger partial charge on any atom is -0.298 e. The van der Waals surface area contributed by atoms with Crippen LogP contribution in [-0.2, 0) is 0 Å². The molecular formula is C14H8Cl4O. The summed E-state index contributed by atoms with van der Waals surface area (Å²) in [5.41, 5.74) is 2.83. The van der Waals surface area contributed by atoms with Gasteiger partial charge in [-0.1, -0.05) is 58.5 Å². The Hall–Kier alpha value is -0.730. The minimum atomic E-state index is 0.338. The van der Waals surface area contributed by atoms with Gasteiger partial charge in [-0.25, -0.2) is 0 Å². The molecule has 0 bridgehead atoms. The monoisotopic (exact) mass is 332 g/mol. The predicted octanol–water partition coefficient (Wildman–Crippen LogP) is 6.09. The second-order valence-corrected chi connectivity index (χ2v) is 5.61. The highest BCUT2D eigenvalue weighted by Crippen LogP contribution is 2.44. The van der Waals surface area contributed by atoms with E-state index >= 15 is 0 Å². The first-order valence-electron chi connectivity index (χ1n) is 5.35. The lowest BCUT2D eigenvalue weighted by Crippen LogP contribution is -1.90. The van der Waals surface area contributed by atoms with Gasteiger partial charge in [0, 0.05) is 11.1 Å². The van der Waals surface area contributed by atoms with Crippen LogP contribution in [0.15, 0.2) is 24.3 Å². The zero-order valence-electron chi connectivity index (χ0n) is 9.81. The van der Waals surface area contributed by atoms with Crippen molar-refractivity contribution >= 4 is 52.7 Å². The molecule has 98 valence electrons. The van der Waals surface area contributed by atoms with Crippen LogP contribution in [0, 0.1) is 6.92 Å². The number of carbonyl (C=O) groups is 1. The molecule has 0 fully saturated rings. The summed E-state index contributed by atoms with van der Waals surface area (Å²) in [5, 5.41) is 1.37. The van der Waals surface area contributed by atoms with E-state index in [1.165, 1.54) is 6.07 Å². The van der Waals surface area contributed by atoms with Crippen molar-refractivity contribution < 1.29 is 4.79 Å². The smallest absolute Gasteiger partial charge is 0.150 e. The Morgan fingerprint density at radius 1 is 0.947 bits per heavy atom. The average Bonchev–Trinajstić information content (AvgIpc) is 2.38. The molecule has 19 heavy (non-hydrogen) atoms. The van der Waals surface area contributed by atoms with Gasteiger partial charge in [0.2, 0.25) is 0 Å². The van der Waals surface area contributed by atoms with Gasteiger partial charge in [-0.15, -0.1) is 0 Å². The Labute approximate surface area is 131 Å². The van der Waals surface area contributed by atoms with Crippen LogP contribution in [0.4, 0.5) is 0 Å². The molecular weight excluding hydrogens is 326 g/mol. The summed E-state index contributed by atoms with van der Waals surface area (Å²) in [5.74, 6) is 0. The second-order valence-electron chi connectivity index (χ2n) is 4.04. The topological polar surface area (TPSA) is 17.1 Å². The molecule has 2 rings (SSSR count). The van der Waals surface area contributed by atoms with Crippen LogP contribution in [-0.4, -0.2) is 6.29 Å². The summed E-state index contributed by atoms with van der Waals surface area (Å²) in [6, 6.07) is 6.73. The molecule has 2 aromatic rings. The van der Waals surface area contributed by atoms with E-state index in [4.69, 9.17) is 46.4 Å². The first kappa shape index (κ1) is 14.7. The number of halogens is 4. The van der Waals surface area contributed by atoms with Gasteiger partial charge in [-0.3, -0.25) is 4.79 Å². The van der Waals surface area contributed by atoms with E-state index in [0.29, 0.717) is 31.2 Å². The third-order valence-corrected chi connectivity index (χ3v) is 4.34. The minimum absolute atomic E-state index is 0.338. The first-order valence-corrected chi connectivity index (χ1v) is 6.86. The fourth-order valence-electron chi connectivity index (χ4n) is 1.85. The fraction of sp³-hybridized carbons (Fsp3) is 0.0714. The molecule has 0 radical (unpaired) electrons. The van der Waals surface area contributed by atoms with Crippen molar-refractivity contribution in [3.8, 4) is 11.1 Å². The summed E-state index contributed by atoms with van der Waals surface area (Å²) < 4.78 is 0. The molecule has 0 atom stereocenters. The van der Waals surface area contributed by atoms with E-state index in [0.717, 1.165) is 17.4 Å². The van der Waals surface area contributed by atoms with E-state index in [-0.39, 0.29) is 0 Å². The Morgan fingerprint density at radius 3 is 2.00 bits per heavy atom. The molecule has 0 aromatic heterocycles. The summed E-state index contributed by atoms with van der Waals surface area (Å²) in [6.45, 7) is 1.86. The van der Waals surface area contributed by atoms with Gasteiger partial charge in [0.1, 0.15) is 6.29 Å². The fourth-order valence-corrected chi connectivity index (χ4v) is 2.86. The van der Waals surface area contributed by atoms with E-state index in [1.54, 1.807) is 18.2 Å². The molecule has 0 saturated heterocycles. The Morgan fingerprint density at radius 2 is 1.53 bits per heavy atom. The van der Waals surface area contributed by atoms with Crippen molar-refractivity contribution in [3.05, 3.63) is 55.5 Å². The first-order chi connectivity index (χ1) is 8.95. The standard InChI is InChI=1S/C14H8Cl4O/c1-7-4-8(6-19)2-3-9(7)12-13(17)10(15)5-11(16)14(12)18/h2-6H,1H3. The van der Waals surface area contributed by atoms with E-state index in [1.807, 2.05) is 6.92 Å². The zero-order valence-corrected chi connectivity index (χ0v) is 12.8. The van der Waals surface area contributed by atoms with Crippen molar-refractivity contribution in [2.24, 2.45) is 0 Å². The molecule has 0 aliphatic heterocycles. The van der Waals surface area contributed by atoms with Crippen molar-refractivity contribution in [1.29, 1.82) is 0 Å². The summed E-state index contributed by atoms with van der Waals surface area (Å²) in [6.07, 6.45) is 0.783. The number of benzene rings is 2. The SMILES string of the molecule is Cc1cc(C=O)ccc1-c1c(Cl)c(Cl)cc(Cl)c1Cl. The highest BCUT2D eigenvalue weighted by Gasteiger charge is 2.17. The van der Waals surface area contributed by atoms with Gasteiger partial charge in [0.05, 0.1) is 20.1 Å². The second kappa shape index (κ2) is 5.72. The Kier molecular flexibility index (Phi) is 4.42. The Balaban J connectivity index is 2.75. The number of rotatable bonds is 2. The van der Waals surface area contributed by atoms with Crippen LogP contribution in [0.1, 0.15) is 15.9 Å².